The van der Waals surface area contributed by atoms with E-state index >= 15 is 0 Å². The van der Waals surface area contributed by atoms with E-state index in [1.54, 1.807) is 24.3 Å². The largest absolute Gasteiger partial charge is 0.508 e. The van der Waals surface area contributed by atoms with Crippen LogP contribution in [-0.4, -0.2) is 24.9 Å². The minimum Gasteiger partial charge on any atom is -0.508 e. The highest BCUT2D eigenvalue weighted by atomic mass is 32.2. The number of aliphatic hydroxyl groups excluding tert-OH is 1. The van der Waals surface area contributed by atoms with Gasteiger partial charge in [-0.2, -0.15) is 0 Å². The van der Waals surface area contributed by atoms with E-state index in [4.69, 9.17) is 0 Å². The van der Waals surface area contributed by atoms with Gasteiger partial charge in [0.2, 0.25) is 0 Å². The lowest BCUT2D eigenvalue weighted by Crippen LogP contribution is -2.01. The molecule has 0 aliphatic heterocycles. The molecule has 2 N–H and O–H groups in total. The molecule has 0 radical (unpaired) electrons. The second-order valence-electron chi connectivity index (χ2n) is 4.34. The van der Waals surface area contributed by atoms with E-state index in [0.717, 1.165) is 6.26 Å². The first kappa shape index (κ1) is 13.6. The third-order valence-electron chi connectivity index (χ3n) is 2.83. The molecule has 0 aliphatic carbocycles. The first-order chi connectivity index (χ1) is 8.88. The van der Waals surface area contributed by atoms with Crippen LogP contribution in [0.2, 0.25) is 0 Å². The first-order valence-corrected chi connectivity index (χ1v) is 7.54. The van der Waals surface area contributed by atoms with E-state index in [0.29, 0.717) is 11.1 Å². The summed E-state index contributed by atoms with van der Waals surface area (Å²) in [6, 6.07) is 12.3. The molecule has 0 aromatic heterocycles. The zero-order chi connectivity index (χ0) is 14.0. The highest BCUT2D eigenvalue weighted by molar-refractivity contribution is 7.90. The summed E-state index contributed by atoms with van der Waals surface area (Å²) in [5.41, 5.74) is 1.22. The van der Waals surface area contributed by atoms with E-state index in [1.807, 2.05) is 0 Å². The van der Waals surface area contributed by atoms with Crippen molar-refractivity contribution >= 4 is 9.84 Å². The van der Waals surface area contributed by atoms with Crippen molar-refractivity contribution in [3.63, 3.8) is 0 Å². The first-order valence-electron chi connectivity index (χ1n) is 5.65. The molecule has 0 heterocycles. The summed E-state index contributed by atoms with van der Waals surface area (Å²) in [6.07, 6.45) is 0.285. The van der Waals surface area contributed by atoms with Crippen LogP contribution in [0.15, 0.2) is 53.4 Å². The molecule has 5 heteroatoms. The zero-order valence-electron chi connectivity index (χ0n) is 10.3. The van der Waals surface area contributed by atoms with Crippen molar-refractivity contribution in [1.82, 2.24) is 0 Å². The number of phenolic OH excluding ortho intramolecular Hbond substituents is 1. The van der Waals surface area contributed by atoms with Crippen molar-refractivity contribution in [2.45, 2.75) is 11.0 Å². The molecular formula is C14H14O4S. The summed E-state index contributed by atoms with van der Waals surface area (Å²) in [6.45, 7) is 0. The smallest absolute Gasteiger partial charge is 0.175 e. The molecule has 100 valence electrons. The molecule has 0 bridgehead atoms. The van der Waals surface area contributed by atoms with Gasteiger partial charge in [-0.05, 0) is 35.4 Å². The average molecular weight is 278 g/mol. The predicted molar refractivity (Wildman–Crippen MR) is 71.7 cm³/mol. The highest BCUT2D eigenvalue weighted by Crippen LogP contribution is 2.24. The summed E-state index contributed by atoms with van der Waals surface area (Å²) in [5.74, 6) is 0.128. The van der Waals surface area contributed by atoms with Gasteiger partial charge in [0.05, 0.1) is 4.90 Å². The molecule has 2 rings (SSSR count). The Morgan fingerprint density at radius 2 is 1.32 bits per heavy atom. The Morgan fingerprint density at radius 1 is 0.895 bits per heavy atom. The molecule has 2 aromatic rings. The number of hydrogen-bond acceptors (Lipinski definition) is 4. The van der Waals surface area contributed by atoms with Gasteiger partial charge in [0.15, 0.2) is 9.84 Å². The summed E-state index contributed by atoms with van der Waals surface area (Å²) >= 11 is 0. The molecule has 0 spiro atoms. The highest BCUT2D eigenvalue weighted by Gasteiger charge is 2.12. The SMILES string of the molecule is CS(=O)(=O)c1ccc(C(O)c2ccc(O)cc2)cc1. The third-order valence-corrected chi connectivity index (χ3v) is 3.96. The van der Waals surface area contributed by atoms with E-state index < -0.39 is 15.9 Å². The van der Waals surface area contributed by atoms with Gasteiger partial charge in [0.1, 0.15) is 11.9 Å². The number of aromatic hydroxyl groups is 1. The summed E-state index contributed by atoms with van der Waals surface area (Å²) in [7, 11) is -3.23. The lowest BCUT2D eigenvalue weighted by molar-refractivity contribution is 0.220. The molecule has 0 aliphatic rings. The van der Waals surface area contributed by atoms with E-state index in [-0.39, 0.29) is 10.6 Å². The van der Waals surface area contributed by atoms with Crippen LogP contribution in [0.4, 0.5) is 0 Å². The summed E-state index contributed by atoms with van der Waals surface area (Å²) in [4.78, 5) is 0.217. The van der Waals surface area contributed by atoms with E-state index in [1.165, 1.54) is 24.3 Å². The molecular weight excluding hydrogens is 264 g/mol. The lowest BCUT2D eigenvalue weighted by atomic mass is 10.0. The predicted octanol–water partition coefficient (Wildman–Crippen LogP) is 1.88. The molecule has 0 fully saturated rings. The van der Waals surface area contributed by atoms with Crippen LogP contribution in [0, 0.1) is 0 Å². The van der Waals surface area contributed by atoms with Crippen LogP contribution in [0.5, 0.6) is 5.75 Å². The molecule has 1 unspecified atom stereocenters. The summed E-state index contributed by atoms with van der Waals surface area (Å²) < 4.78 is 22.7. The number of hydrogen-bond donors (Lipinski definition) is 2. The third kappa shape index (κ3) is 3.13. The van der Waals surface area contributed by atoms with E-state index in [9.17, 15) is 18.6 Å². The number of aliphatic hydroxyl groups is 1. The van der Waals surface area contributed by atoms with Gasteiger partial charge < -0.3 is 10.2 Å². The van der Waals surface area contributed by atoms with Crippen molar-refractivity contribution < 1.29 is 18.6 Å². The summed E-state index contributed by atoms with van der Waals surface area (Å²) in [5, 5.41) is 19.3. The van der Waals surface area contributed by atoms with Gasteiger partial charge in [0, 0.05) is 6.26 Å². The van der Waals surface area contributed by atoms with Crippen molar-refractivity contribution in [1.29, 1.82) is 0 Å². The number of rotatable bonds is 3. The van der Waals surface area contributed by atoms with Gasteiger partial charge in [-0.15, -0.1) is 0 Å². The Balaban J connectivity index is 2.30. The van der Waals surface area contributed by atoms with Gasteiger partial charge >= 0.3 is 0 Å². The van der Waals surface area contributed by atoms with Crippen molar-refractivity contribution in [3.8, 4) is 5.75 Å². The Morgan fingerprint density at radius 3 is 1.74 bits per heavy atom. The normalized spacial score (nSPS) is 13.2. The second kappa shape index (κ2) is 5.03. The molecule has 0 saturated carbocycles. The maximum absolute atomic E-state index is 11.3. The zero-order valence-corrected chi connectivity index (χ0v) is 11.1. The molecule has 2 aromatic carbocycles. The maximum atomic E-state index is 11.3. The number of benzene rings is 2. The van der Waals surface area contributed by atoms with Gasteiger partial charge in [-0.1, -0.05) is 24.3 Å². The minimum absolute atomic E-state index is 0.128. The van der Waals surface area contributed by atoms with Crippen LogP contribution in [0.25, 0.3) is 0 Å². The fourth-order valence-electron chi connectivity index (χ4n) is 1.75. The quantitative estimate of drug-likeness (QED) is 0.899. The molecule has 19 heavy (non-hydrogen) atoms. The van der Waals surface area contributed by atoms with Gasteiger partial charge in [-0.3, -0.25) is 0 Å². The van der Waals surface area contributed by atoms with Crippen LogP contribution in [-0.2, 0) is 9.84 Å². The second-order valence-corrected chi connectivity index (χ2v) is 6.35. The number of phenols is 1. The van der Waals surface area contributed by atoms with Crippen molar-refractivity contribution in [2.75, 3.05) is 6.26 Å². The Hall–Kier alpha value is -1.85. The molecule has 1 atom stereocenters. The van der Waals surface area contributed by atoms with Crippen molar-refractivity contribution in [3.05, 3.63) is 59.7 Å². The molecule has 0 amide bonds. The molecule has 4 nitrogen and oxygen atoms in total. The molecule has 0 saturated heterocycles. The number of sulfone groups is 1. The van der Waals surface area contributed by atoms with Crippen LogP contribution in [0.3, 0.4) is 0 Å². The van der Waals surface area contributed by atoms with Crippen molar-refractivity contribution in [2.24, 2.45) is 0 Å². The Bertz CT molecular complexity index is 658. The average Bonchev–Trinajstić information content (AvgIpc) is 2.38. The standard InChI is InChI=1S/C14H14O4S/c1-19(17,18)13-8-4-11(5-9-13)14(16)10-2-6-12(15)7-3-10/h2-9,14-16H,1H3. The lowest BCUT2D eigenvalue weighted by Gasteiger charge is -2.12. The van der Waals surface area contributed by atoms with Gasteiger partial charge in [0.25, 0.3) is 0 Å². The Kier molecular flexibility index (Phi) is 3.59. The fourth-order valence-corrected chi connectivity index (χ4v) is 2.38. The maximum Gasteiger partial charge on any atom is 0.175 e. The van der Waals surface area contributed by atoms with Crippen LogP contribution >= 0.6 is 0 Å². The monoisotopic (exact) mass is 278 g/mol. The Labute approximate surface area is 111 Å². The van der Waals surface area contributed by atoms with Gasteiger partial charge in [-0.25, -0.2) is 8.42 Å². The van der Waals surface area contributed by atoms with Crippen LogP contribution in [0.1, 0.15) is 17.2 Å². The van der Waals surface area contributed by atoms with E-state index in [2.05, 4.69) is 0 Å². The topological polar surface area (TPSA) is 74.6 Å². The minimum atomic E-state index is -3.23. The van der Waals surface area contributed by atoms with Crippen LogP contribution < -0.4 is 0 Å². The fraction of sp³-hybridized carbons (Fsp3) is 0.143.